The van der Waals surface area contributed by atoms with E-state index in [1.54, 1.807) is 24.3 Å². The predicted octanol–water partition coefficient (Wildman–Crippen LogP) is 6.48. The smallest absolute Gasteiger partial charge is 0.255 e. The molecule has 0 aliphatic carbocycles. The van der Waals surface area contributed by atoms with Crippen molar-refractivity contribution in [2.24, 2.45) is 0 Å². The number of furan rings is 2. The summed E-state index contributed by atoms with van der Waals surface area (Å²) in [5.41, 5.74) is 3.12. The molecule has 0 radical (unpaired) electrons. The van der Waals surface area contributed by atoms with Gasteiger partial charge in [0.05, 0.1) is 30.3 Å². The molecule has 0 atom stereocenters. The van der Waals surface area contributed by atoms with E-state index in [1.165, 1.54) is 45.5 Å². The third-order valence-electron chi connectivity index (χ3n) is 7.22. The first-order chi connectivity index (χ1) is 20.6. The zero-order valence-corrected chi connectivity index (χ0v) is 24.5. The average Bonchev–Trinajstić information content (AvgIpc) is 3.61. The van der Waals surface area contributed by atoms with Gasteiger partial charge in [0.2, 0.25) is 10.0 Å². The summed E-state index contributed by atoms with van der Waals surface area (Å²) in [6.45, 7) is 0. The number of amides is 1. The monoisotopic (exact) mass is 599 g/mol. The lowest BCUT2D eigenvalue weighted by Gasteiger charge is -2.20. The molecule has 6 rings (SSSR count). The quantitative estimate of drug-likeness (QED) is 0.223. The Hall–Kier alpha value is -5.16. The lowest BCUT2D eigenvalue weighted by atomic mass is 10.0. The summed E-state index contributed by atoms with van der Waals surface area (Å²) in [7, 11) is 0.711. The van der Waals surface area contributed by atoms with Gasteiger partial charge in [0, 0.05) is 42.1 Å². The Bertz CT molecular complexity index is 2100. The average molecular weight is 600 g/mol. The van der Waals surface area contributed by atoms with Crippen molar-refractivity contribution in [3.63, 3.8) is 0 Å². The largest absolute Gasteiger partial charge is 0.494 e. The van der Waals surface area contributed by atoms with Crippen molar-refractivity contribution in [3.8, 4) is 39.8 Å². The van der Waals surface area contributed by atoms with Crippen LogP contribution in [0.4, 0.5) is 10.1 Å². The lowest BCUT2D eigenvalue weighted by molar-refractivity contribution is 0.0964. The predicted molar refractivity (Wildman–Crippen MR) is 163 cm³/mol. The van der Waals surface area contributed by atoms with Gasteiger partial charge in [-0.3, -0.25) is 9.10 Å². The molecule has 11 heteroatoms. The van der Waals surface area contributed by atoms with E-state index in [0.29, 0.717) is 45.0 Å². The van der Waals surface area contributed by atoms with Crippen LogP contribution in [0.5, 0.6) is 5.75 Å². The normalized spacial score (nSPS) is 11.7. The number of halogens is 1. The number of fused-ring (bicyclic) bond motifs is 2. The molecular weight excluding hydrogens is 573 g/mol. The Labute approximate surface area is 246 Å². The van der Waals surface area contributed by atoms with E-state index in [2.05, 4.69) is 5.32 Å². The second kappa shape index (κ2) is 10.6. The zero-order valence-electron chi connectivity index (χ0n) is 23.6. The first-order valence-corrected chi connectivity index (χ1v) is 15.0. The van der Waals surface area contributed by atoms with Gasteiger partial charge in [-0.2, -0.15) is 0 Å². The summed E-state index contributed by atoms with van der Waals surface area (Å²) in [5, 5.41) is 3.94. The van der Waals surface area contributed by atoms with Crippen LogP contribution in [0.15, 0.2) is 87.7 Å². The first kappa shape index (κ1) is 28.0. The molecule has 9 nitrogen and oxygen atoms in total. The number of benzene rings is 3. The number of ether oxygens (including phenoxy) is 1. The standard InChI is InChI=1S/C32H26FN3O6S/c1-34-32(37)29-22-16-21(23-13-14-26(40-3)30(35-23)28-15-19-7-5-6-8-25(19)41-28)24(36(2)43(4,38)39)17-27(22)42-31(29)18-9-11-20(33)12-10-18/h5-17H,1-4H3,(H,34,37). The molecule has 0 spiro atoms. The number of carbonyl (C=O) groups is 1. The van der Waals surface area contributed by atoms with Crippen molar-refractivity contribution in [3.05, 3.63) is 90.2 Å². The Balaban J connectivity index is 1.64. The molecule has 218 valence electrons. The van der Waals surface area contributed by atoms with Gasteiger partial charge in [-0.05, 0) is 54.6 Å². The van der Waals surface area contributed by atoms with E-state index in [9.17, 15) is 17.6 Å². The van der Waals surface area contributed by atoms with E-state index < -0.39 is 21.7 Å². The van der Waals surface area contributed by atoms with E-state index in [4.69, 9.17) is 18.6 Å². The number of aromatic nitrogens is 1. The number of rotatable bonds is 7. The Morgan fingerprint density at radius 1 is 0.977 bits per heavy atom. The summed E-state index contributed by atoms with van der Waals surface area (Å²) < 4.78 is 58.1. The maximum Gasteiger partial charge on any atom is 0.255 e. The summed E-state index contributed by atoms with van der Waals surface area (Å²) >= 11 is 0. The van der Waals surface area contributed by atoms with Gasteiger partial charge in [-0.25, -0.2) is 17.8 Å². The molecule has 3 aromatic heterocycles. The molecule has 0 saturated carbocycles. The summed E-state index contributed by atoms with van der Waals surface area (Å²) in [6.07, 6.45) is 1.09. The molecule has 1 amide bonds. The molecular formula is C32H26FN3O6S. The minimum absolute atomic E-state index is 0.213. The van der Waals surface area contributed by atoms with E-state index in [1.807, 2.05) is 30.3 Å². The van der Waals surface area contributed by atoms with Crippen LogP contribution in [0.2, 0.25) is 0 Å². The van der Waals surface area contributed by atoms with Gasteiger partial charge in [-0.1, -0.05) is 18.2 Å². The molecule has 0 saturated heterocycles. The Morgan fingerprint density at radius 3 is 2.40 bits per heavy atom. The second-order valence-electron chi connectivity index (χ2n) is 9.88. The van der Waals surface area contributed by atoms with Gasteiger partial charge in [0.15, 0.2) is 5.76 Å². The minimum Gasteiger partial charge on any atom is -0.494 e. The SMILES string of the molecule is CNC(=O)c1c(-c2ccc(F)cc2)oc2cc(N(C)S(C)(=O)=O)c(-c3ccc(OC)c(-c4cc5ccccc5o4)n3)cc12. The Kier molecular flexibility index (Phi) is 6.89. The van der Waals surface area contributed by atoms with Crippen LogP contribution < -0.4 is 14.4 Å². The van der Waals surface area contributed by atoms with Gasteiger partial charge < -0.3 is 18.9 Å². The summed E-state index contributed by atoms with van der Waals surface area (Å²) in [6, 6.07) is 21.6. The highest BCUT2D eigenvalue weighted by Crippen LogP contribution is 2.42. The van der Waals surface area contributed by atoms with E-state index in [-0.39, 0.29) is 22.6 Å². The van der Waals surface area contributed by atoms with Crippen molar-refractivity contribution in [1.29, 1.82) is 0 Å². The molecule has 0 aliphatic rings. The number of hydrogen-bond donors (Lipinski definition) is 1. The number of anilines is 1. The van der Waals surface area contributed by atoms with Crippen LogP contribution in [0.25, 0.3) is 56.0 Å². The highest BCUT2D eigenvalue weighted by atomic mass is 32.2. The van der Waals surface area contributed by atoms with Crippen LogP contribution in [0.3, 0.4) is 0 Å². The molecule has 0 fully saturated rings. The molecule has 0 bridgehead atoms. The fourth-order valence-corrected chi connectivity index (χ4v) is 5.48. The third-order valence-corrected chi connectivity index (χ3v) is 8.41. The van der Waals surface area contributed by atoms with Crippen LogP contribution >= 0.6 is 0 Å². The fraction of sp³-hybridized carbons (Fsp3) is 0.125. The minimum atomic E-state index is -3.73. The second-order valence-corrected chi connectivity index (χ2v) is 11.9. The highest BCUT2D eigenvalue weighted by molar-refractivity contribution is 7.92. The van der Waals surface area contributed by atoms with Crippen LogP contribution in [-0.2, 0) is 10.0 Å². The number of pyridine rings is 1. The maximum absolute atomic E-state index is 13.7. The third kappa shape index (κ3) is 4.97. The van der Waals surface area contributed by atoms with E-state index >= 15 is 0 Å². The number of para-hydroxylation sites is 1. The van der Waals surface area contributed by atoms with Crippen molar-refractivity contribution in [2.45, 2.75) is 0 Å². The van der Waals surface area contributed by atoms with Crippen molar-refractivity contribution in [2.75, 3.05) is 31.8 Å². The molecule has 0 unspecified atom stereocenters. The molecule has 3 aromatic carbocycles. The topological polar surface area (TPSA) is 115 Å². The molecule has 3 heterocycles. The van der Waals surface area contributed by atoms with Gasteiger partial charge in [0.1, 0.15) is 34.2 Å². The van der Waals surface area contributed by atoms with E-state index in [0.717, 1.165) is 15.9 Å². The number of sulfonamides is 1. The molecule has 1 N–H and O–H groups in total. The highest BCUT2D eigenvalue weighted by Gasteiger charge is 2.27. The first-order valence-electron chi connectivity index (χ1n) is 13.2. The van der Waals surface area contributed by atoms with Gasteiger partial charge in [-0.15, -0.1) is 0 Å². The van der Waals surface area contributed by atoms with Crippen LogP contribution in [0.1, 0.15) is 10.4 Å². The number of hydrogen-bond acceptors (Lipinski definition) is 7. The van der Waals surface area contributed by atoms with Crippen LogP contribution in [-0.4, -0.2) is 46.8 Å². The molecule has 6 aromatic rings. The molecule has 0 aliphatic heterocycles. The lowest BCUT2D eigenvalue weighted by Crippen LogP contribution is -2.25. The molecule has 43 heavy (non-hydrogen) atoms. The maximum atomic E-state index is 13.7. The summed E-state index contributed by atoms with van der Waals surface area (Å²) in [5.74, 6) is 0.261. The van der Waals surface area contributed by atoms with Gasteiger partial charge in [0.25, 0.3) is 5.91 Å². The number of carbonyl (C=O) groups excluding carboxylic acids is 1. The Morgan fingerprint density at radius 2 is 1.72 bits per heavy atom. The van der Waals surface area contributed by atoms with Crippen molar-refractivity contribution in [1.82, 2.24) is 10.3 Å². The zero-order chi connectivity index (χ0) is 30.5. The van der Waals surface area contributed by atoms with Crippen molar-refractivity contribution >= 4 is 43.6 Å². The van der Waals surface area contributed by atoms with Crippen molar-refractivity contribution < 1.29 is 31.2 Å². The van der Waals surface area contributed by atoms with Crippen LogP contribution in [0, 0.1) is 5.82 Å². The summed E-state index contributed by atoms with van der Waals surface area (Å²) in [4.78, 5) is 18.1. The number of methoxy groups -OCH3 is 1. The number of nitrogens with zero attached hydrogens (tertiary/aromatic N) is 2. The fourth-order valence-electron chi connectivity index (χ4n) is 4.97. The number of nitrogens with one attached hydrogen (secondary N) is 1. The van der Waals surface area contributed by atoms with Gasteiger partial charge >= 0.3 is 0 Å².